The molecule has 0 aliphatic rings. The molecule has 4 aromatic rings. The maximum absolute atomic E-state index is 14.8. The van der Waals surface area contributed by atoms with E-state index >= 15 is 0 Å². The highest BCUT2D eigenvalue weighted by atomic mass is 31.2. The van der Waals surface area contributed by atoms with Gasteiger partial charge in [0.1, 0.15) is 11.3 Å². The number of carbonyl (C=O) groups excluding carboxylic acids is 1. The third kappa shape index (κ3) is 4.88. The fourth-order valence-corrected chi connectivity index (χ4v) is 3.41. The van der Waals surface area contributed by atoms with E-state index in [2.05, 4.69) is 9.62 Å². The summed E-state index contributed by atoms with van der Waals surface area (Å²) in [6.07, 6.45) is 1.37. The predicted molar refractivity (Wildman–Crippen MR) is 113 cm³/mol. The smallest absolute Gasteiger partial charge is 0.448 e. The number of rotatable bonds is 7. The van der Waals surface area contributed by atoms with Crippen molar-refractivity contribution >= 4 is 24.9 Å². The Morgan fingerprint density at radius 3 is 2.23 bits per heavy atom. The van der Waals surface area contributed by atoms with Gasteiger partial charge in [-0.2, -0.15) is 0 Å². The van der Waals surface area contributed by atoms with E-state index < -0.39 is 66.5 Å². The Hall–Kier alpha value is -3.77. The van der Waals surface area contributed by atoms with Crippen molar-refractivity contribution in [3.63, 3.8) is 0 Å². The molecule has 2 aromatic carbocycles. The number of carbonyl (C=O) groups is 1. The zero-order valence-corrected chi connectivity index (χ0v) is 18.2. The number of ether oxygens (including phenoxy) is 1. The van der Waals surface area contributed by atoms with Crippen molar-refractivity contribution in [3.8, 4) is 17.0 Å². The molecule has 35 heavy (non-hydrogen) atoms. The minimum Gasteiger partial charge on any atom is -0.448 e. The van der Waals surface area contributed by atoms with Crippen molar-refractivity contribution in [2.75, 3.05) is 12.1 Å². The molecule has 4 rings (SSSR count). The molecular formula is C21H14F4N3O6P. The summed E-state index contributed by atoms with van der Waals surface area (Å²) in [5.74, 6) is -8.96. The molecule has 14 heteroatoms. The first-order valence-corrected chi connectivity index (χ1v) is 11.1. The Labute approximate surface area is 193 Å². The second-order valence-electron chi connectivity index (χ2n) is 6.92. The number of phosphoric acid groups is 1. The number of hydrogen-bond acceptors (Lipinski definition) is 5. The Morgan fingerprint density at radius 1 is 0.971 bits per heavy atom. The Morgan fingerprint density at radius 2 is 1.60 bits per heavy atom. The van der Waals surface area contributed by atoms with Crippen LogP contribution in [0.3, 0.4) is 0 Å². The van der Waals surface area contributed by atoms with Crippen molar-refractivity contribution in [2.24, 2.45) is 0 Å². The number of hydrogen-bond donors (Lipinski definition) is 3. The van der Waals surface area contributed by atoms with E-state index in [-0.39, 0.29) is 11.1 Å². The van der Waals surface area contributed by atoms with E-state index in [4.69, 9.17) is 14.5 Å². The standard InChI is InChI=1S/C21H14F4N3O6P/c22-15-13(11-6-2-1-3-7-11)16(23)18(25)19(17(15)24)26-20(29)14-12-8-4-5-9-28(12)27-21(14)33-10-34-35(30,31)32/h1-9H,10H2,(H,26,29)(H2,30,31,32). The fourth-order valence-electron chi connectivity index (χ4n) is 3.22. The third-order valence-corrected chi connectivity index (χ3v) is 5.16. The van der Waals surface area contributed by atoms with Gasteiger partial charge >= 0.3 is 7.82 Å². The van der Waals surface area contributed by atoms with Gasteiger partial charge in [-0.25, -0.2) is 31.2 Å². The SMILES string of the molecule is O=C(Nc1c(F)c(F)c(-c2ccccc2)c(F)c1F)c1c(OCOP(=O)(O)O)nn2ccccc12. The number of phosphoric ester groups is 1. The third-order valence-electron chi connectivity index (χ3n) is 4.72. The summed E-state index contributed by atoms with van der Waals surface area (Å²) in [5.41, 5.74) is -2.88. The van der Waals surface area contributed by atoms with Crippen LogP contribution in [0.1, 0.15) is 10.4 Å². The number of aromatic nitrogens is 2. The largest absolute Gasteiger partial charge is 0.472 e. The summed E-state index contributed by atoms with van der Waals surface area (Å²) >= 11 is 0. The molecule has 0 saturated heterocycles. The fraction of sp³-hybridized carbons (Fsp3) is 0.0476. The topological polar surface area (TPSA) is 122 Å². The second-order valence-corrected chi connectivity index (χ2v) is 8.16. The molecular weight excluding hydrogens is 497 g/mol. The highest BCUT2D eigenvalue weighted by Gasteiger charge is 2.30. The van der Waals surface area contributed by atoms with Gasteiger partial charge in [0.15, 0.2) is 23.3 Å². The summed E-state index contributed by atoms with van der Waals surface area (Å²) in [6.45, 7) is -1.04. The van der Waals surface area contributed by atoms with Crippen molar-refractivity contribution in [1.82, 2.24) is 9.61 Å². The zero-order chi connectivity index (χ0) is 25.3. The van der Waals surface area contributed by atoms with Gasteiger partial charge in [-0.1, -0.05) is 36.4 Å². The Kier molecular flexibility index (Phi) is 6.59. The maximum atomic E-state index is 14.8. The molecule has 1 amide bonds. The lowest BCUT2D eigenvalue weighted by Crippen LogP contribution is -2.17. The van der Waals surface area contributed by atoms with Crippen LogP contribution in [0.4, 0.5) is 23.2 Å². The van der Waals surface area contributed by atoms with Crippen LogP contribution in [0.2, 0.25) is 0 Å². The van der Waals surface area contributed by atoms with E-state index in [0.29, 0.717) is 0 Å². The molecule has 0 bridgehead atoms. The summed E-state index contributed by atoms with van der Waals surface area (Å²) in [6, 6.07) is 11.3. The minimum atomic E-state index is -4.93. The van der Waals surface area contributed by atoms with Crippen LogP contribution in [0.25, 0.3) is 16.6 Å². The lowest BCUT2D eigenvalue weighted by atomic mass is 10.0. The first-order chi connectivity index (χ1) is 16.6. The maximum Gasteiger partial charge on any atom is 0.472 e. The summed E-state index contributed by atoms with van der Waals surface area (Å²) in [4.78, 5) is 30.5. The molecule has 9 nitrogen and oxygen atoms in total. The van der Waals surface area contributed by atoms with Gasteiger partial charge in [-0.05, 0) is 17.7 Å². The average molecular weight is 511 g/mol. The lowest BCUT2D eigenvalue weighted by molar-refractivity contribution is 0.0780. The van der Waals surface area contributed by atoms with E-state index in [1.54, 1.807) is 11.4 Å². The average Bonchev–Trinajstić information content (AvgIpc) is 3.19. The monoisotopic (exact) mass is 511 g/mol. The molecule has 0 saturated carbocycles. The van der Waals surface area contributed by atoms with Gasteiger partial charge in [0, 0.05) is 6.20 Å². The first-order valence-electron chi connectivity index (χ1n) is 9.61. The molecule has 0 atom stereocenters. The molecule has 3 N–H and O–H groups in total. The number of benzene rings is 2. The molecule has 2 aromatic heterocycles. The number of pyridine rings is 1. The molecule has 0 aliphatic carbocycles. The van der Waals surface area contributed by atoms with E-state index in [1.165, 1.54) is 48.7 Å². The van der Waals surface area contributed by atoms with E-state index in [0.717, 1.165) is 4.52 Å². The lowest BCUT2D eigenvalue weighted by Gasteiger charge is -2.13. The Balaban J connectivity index is 1.73. The van der Waals surface area contributed by atoms with E-state index in [9.17, 15) is 26.9 Å². The first kappa shape index (κ1) is 24.4. The van der Waals surface area contributed by atoms with Gasteiger partial charge in [-0.3, -0.25) is 4.79 Å². The van der Waals surface area contributed by atoms with Crippen LogP contribution < -0.4 is 10.1 Å². The van der Waals surface area contributed by atoms with Gasteiger partial charge in [0.2, 0.25) is 12.7 Å². The van der Waals surface area contributed by atoms with Crippen LogP contribution in [-0.4, -0.2) is 32.1 Å². The van der Waals surface area contributed by atoms with Crippen LogP contribution in [0, 0.1) is 23.3 Å². The quantitative estimate of drug-likeness (QED) is 0.147. The minimum absolute atomic E-state index is 0.0406. The van der Waals surface area contributed by atoms with Gasteiger partial charge in [0.25, 0.3) is 5.91 Å². The van der Waals surface area contributed by atoms with Crippen LogP contribution in [-0.2, 0) is 9.09 Å². The Bertz CT molecular complexity index is 1450. The highest BCUT2D eigenvalue weighted by molar-refractivity contribution is 7.46. The molecule has 0 radical (unpaired) electrons. The number of nitrogens with zero attached hydrogens (tertiary/aromatic N) is 2. The number of fused-ring (bicyclic) bond motifs is 1. The number of halogens is 4. The van der Waals surface area contributed by atoms with Crippen LogP contribution >= 0.6 is 7.82 Å². The van der Waals surface area contributed by atoms with Crippen molar-refractivity contribution < 1.29 is 46.0 Å². The van der Waals surface area contributed by atoms with Gasteiger partial charge in [0.05, 0.1) is 11.1 Å². The molecule has 0 spiro atoms. The van der Waals surface area contributed by atoms with Crippen molar-refractivity contribution in [2.45, 2.75) is 0 Å². The second kappa shape index (κ2) is 9.47. The van der Waals surface area contributed by atoms with Gasteiger partial charge < -0.3 is 19.8 Å². The molecule has 0 unspecified atom stereocenters. The predicted octanol–water partition coefficient (Wildman–Crippen LogP) is 4.26. The summed E-state index contributed by atoms with van der Waals surface area (Å²) < 4.78 is 80.1. The normalized spacial score (nSPS) is 11.6. The van der Waals surface area contributed by atoms with Gasteiger partial charge in [-0.15, -0.1) is 5.10 Å². The molecule has 182 valence electrons. The summed E-state index contributed by atoms with van der Waals surface area (Å²) in [5, 5.41) is 5.68. The zero-order valence-electron chi connectivity index (χ0n) is 17.3. The molecule has 0 fully saturated rings. The summed E-state index contributed by atoms with van der Waals surface area (Å²) in [7, 11) is -4.93. The number of anilines is 1. The van der Waals surface area contributed by atoms with Crippen LogP contribution in [0.15, 0.2) is 54.7 Å². The van der Waals surface area contributed by atoms with Crippen molar-refractivity contribution in [1.29, 1.82) is 0 Å². The van der Waals surface area contributed by atoms with E-state index in [1.807, 2.05) is 0 Å². The number of nitrogens with one attached hydrogen (secondary N) is 1. The molecule has 0 aliphatic heterocycles. The van der Waals surface area contributed by atoms with Crippen LogP contribution in [0.5, 0.6) is 5.88 Å². The molecule has 2 heterocycles. The highest BCUT2D eigenvalue weighted by Crippen LogP contribution is 2.37. The van der Waals surface area contributed by atoms with Crippen molar-refractivity contribution in [3.05, 3.63) is 83.6 Å². The number of amides is 1.